The number of hydrogen-bond donors (Lipinski definition) is 1. The lowest BCUT2D eigenvalue weighted by molar-refractivity contribution is 0.0795. The highest BCUT2D eigenvalue weighted by atomic mass is 19.1. The second-order valence-electron chi connectivity index (χ2n) is 9.21. The second-order valence-corrected chi connectivity index (χ2v) is 9.21. The van der Waals surface area contributed by atoms with Crippen LogP contribution in [0.15, 0.2) is 53.1 Å². The summed E-state index contributed by atoms with van der Waals surface area (Å²) in [6, 6.07) is 13.0. The van der Waals surface area contributed by atoms with Gasteiger partial charge < -0.3 is 19.6 Å². The highest BCUT2D eigenvalue weighted by Crippen LogP contribution is 2.18. The van der Waals surface area contributed by atoms with Crippen LogP contribution in [0.3, 0.4) is 0 Å². The minimum Gasteiger partial charge on any atom is -0.352 e. The van der Waals surface area contributed by atoms with Gasteiger partial charge in [-0.25, -0.2) is 4.39 Å². The largest absolute Gasteiger partial charge is 0.352 e. The monoisotopic (exact) mass is 493 g/mol. The fourth-order valence-corrected chi connectivity index (χ4v) is 4.28. The topological polar surface area (TPSA) is 91.6 Å². The number of likely N-dealkylation sites (tertiary alicyclic amines) is 1. The minimum absolute atomic E-state index is 0.102. The van der Waals surface area contributed by atoms with E-state index in [0.29, 0.717) is 54.0 Å². The van der Waals surface area contributed by atoms with E-state index in [0.717, 1.165) is 19.5 Å². The van der Waals surface area contributed by atoms with E-state index in [2.05, 4.69) is 27.3 Å². The van der Waals surface area contributed by atoms with Crippen molar-refractivity contribution in [2.45, 2.75) is 38.6 Å². The Morgan fingerprint density at radius 3 is 2.44 bits per heavy atom. The summed E-state index contributed by atoms with van der Waals surface area (Å²) in [6.45, 7) is 5.54. The molecule has 4 rings (SSSR count). The molecule has 2 heterocycles. The molecule has 2 aromatic carbocycles. The van der Waals surface area contributed by atoms with Crippen molar-refractivity contribution in [1.82, 2.24) is 25.3 Å². The zero-order chi connectivity index (χ0) is 25.5. The molecule has 1 atom stereocenters. The predicted molar refractivity (Wildman–Crippen MR) is 134 cm³/mol. The number of likely N-dealkylation sites (N-methyl/N-ethyl adjacent to an activating group) is 1. The second kappa shape index (κ2) is 11.9. The lowest BCUT2D eigenvalue weighted by Crippen LogP contribution is -2.34. The Bertz CT molecular complexity index is 1160. The molecule has 36 heavy (non-hydrogen) atoms. The summed E-state index contributed by atoms with van der Waals surface area (Å²) < 4.78 is 18.4. The van der Waals surface area contributed by atoms with Crippen molar-refractivity contribution in [2.75, 3.05) is 33.2 Å². The molecule has 1 fully saturated rings. The van der Waals surface area contributed by atoms with Crippen molar-refractivity contribution in [1.29, 1.82) is 0 Å². The maximum atomic E-state index is 13.1. The van der Waals surface area contributed by atoms with Crippen LogP contribution in [0, 0.1) is 5.82 Å². The molecule has 2 amide bonds. The van der Waals surface area contributed by atoms with E-state index in [9.17, 15) is 14.0 Å². The summed E-state index contributed by atoms with van der Waals surface area (Å²) in [5, 5.41) is 7.00. The van der Waals surface area contributed by atoms with Crippen LogP contribution < -0.4 is 5.32 Å². The zero-order valence-electron chi connectivity index (χ0n) is 20.7. The molecule has 0 spiro atoms. The zero-order valence-corrected chi connectivity index (χ0v) is 20.7. The molecule has 1 N–H and O–H groups in total. The molecule has 1 aromatic heterocycles. The summed E-state index contributed by atoms with van der Waals surface area (Å²) >= 11 is 0. The van der Waals surface area contributed by atoms with Gasteiger partial charge >= 0.3 is 0 Å². The van der Waals surface area contributed by atoms with Gasteiger partial charge in [0.05, 0.1) is 0 Å². The molecule has 1 aliphatic heterocycles. The lowest BCUT2D eigenvalue weighted by atomic mass is 10.1. The SMILES string of the molecule is C[C@@H](CCNC(=O)c1ccc(-c2nc(CCN(C)C(=O)c3ccc(F)cc3)no2)cc1)N1CCCC1. The van der Waals surface area contributed by atoms with Crippen LogP contribution in [-0.4, -0.2) is 71.0 Å². The van der Waals surface area contributed by atoms with Gasteiger partial charge in [-0.15, -0.1) is 0 Å². The van der Waals surface area contributed by atoms with Crippen LogP contribution in [0.1, 0.15) is 52.7 Å². The van der Waals surface area contributed by atoms with E-state index >= 15 is 0 Å². The predicted octanol–water partition coefficient (Wildman–Crippen LogP) is 3.79. The van der Waals surface area contributed by atoms with Crippen molar-refractivity contribution < 1.29 is 18.5 Å². The van der Waals surface area contributed by atoms with E-state index in [-0.39, 0.29) is 17.6 Å². The molecular weight excluding hydrogens is 461 g/mol. The normalized spacial score (nSPS) is 14.5. The Labute approximate surface area is 210 Å². The van der Waals surface area contributed by atoms with Crippen molar-refractivity contribution in [3.8, 4) is 11.5 Å². The maximum absolute atomic E-state index is 13.1. The van der Waals surface area contributed by atoms with Gasteiger partial charge in [0.2, 0.25) is 0 Å². The standard InChI is InChI=1S/C27H32FN5O3/c1-19(33-16-3-4-17-33)13-15-29-25(34)20-5-7-21(8-6-20)26-30-24(31-36-26)14-18-32(2)27(35)22-9-11-23(28)12-10-22/h5-12,19H,3-4,13-18H2,1-2H3,(H,29,34)/t19-/m0/s1. The van der Waals surface area contributed by atoms with Gasteiger partial charge in [-0.3, -0.25) is 9.59 Å². The van der Waals surface area contributed by atoms with Gasteiger partial charge in [0.25, 0.3) is 17.7 Å². The van der Waals surface area contributed by atoms with E-state index < -0.39 is 0 Å². The Morgan fingerprint density at radius 1 is 1.08 bits per heavy atom. The Balaban J connectivity index is 1.25. The van der Waals surface area contributed by atoms with Gasteiger partial charge in [-0.1, -0.05) is 5.16 Å². The van der Waals surface area contributed by atoms with Crippen LogP contribution in [0.25, 0.3) is 11.5 Å². The number of amides is 2. The number of benzene rings is 2. The quantitative estimate of drug-likeness (QED) is 0.462. The lowest BCUT2D eigenvalue weighted by Gasteiger charge is -2.23. The number of halogens is 1. The van der Waals surface area contributed by atoms with Gasteiger partial charge in [-0.2, -0.15) is 4.98 Å². The molecule has 0 unspecified atom stereocenters. The first kappa shape index (κ1) is 25.5. The smallest absolute Gasteiger partial charge is 0.257 e. The van der Waals surface area contributed by atoms with Gasteiger partial charge in [0.1, 0.15) is 5.82 Å². The third-order valence-corrected chi connectivity index (χ3v) is 6.58. The first-order chi connectivity index (χ1) is 17.4. The number of carbonyl (C=O) groups excluding carboxylic acids is 2. The first-order valence-electron chi connectivity index (χ1n) is 12.4. The first-order valence-corrected chi connectivity index (χ1v) is 12.4. The number of aromatic nitrogens is 2. The van der Waals surface area contributed by atoms with Crippen molar-refractivity contribution in [2.24, 2.45) is 0 Å². The Morgan fingerprint density at radius 2 is 1.75 bits per heavy atom. The van der Waals surface area contributed by atoms with E-state index in [1.807, 2.05) is 0 Å². The minimum atomic E-state index is -0.384. The number of nitrogens with one attached hydrogen (secondary N) is 1. The molecule has 0 bridgehead atoms. The van der Waals surface area contributed by atoms with Gasteiger partial charge in [0, 0.05) is 49.3 Å². The summed E-state index contributed by atoms with van der Waals surface area (Å²) in [4.78, 5) is 33.4. The van der Waals surface area contributed by atoms with Crippen LogP contribution in [0.4, 0.5) is 4.39 Å². The molecule has 1 saturated heterocycles. The summed E-state index contributed by atoms with van der Waals surface area (Å²) in [6.07, 6.45) is 3.86. The average molecular weight is 494 g/mol. The van der Waals surface area contributed by atoms with Crippen LogP contribution in [0.5, 0.6) is 0 Å². The molecule has 0 saturated carbocycles. The number of rotatable bonds is 10. The van der Waals surface area contributed by atoms with Crippen LogP contribution >= 0.6 is 0 Å². The number of hydrogen-bond acceptors (Lipinski definition) is 6. The third kappa shape index (κ3) is 6.54. The van der Waals surface area contributed by atoms with E-state index in [1.54, 1.807) is 31.3 Å². The molecule has 1 aliphatic rings. The van der Waals surface area contributed by atoms with Crippen LogP contribution in [0.2, 0.25) is 0 Å². The maximum Gasteiger partial charge on any atom is 0.257 e. The van der Waals surface area contributed by atoms with E-state index in [4.69, 9.17) is 4.52 Å². The highest BCUT2D eigenvalue weighted by molar-refractivity contribution is 5.94. The van der Waals surface area contributed by atoms with Crippen LogP contribution in [-0.2, 0) is 6.42 Å². The van der Waals surface area contributed by atoms with Gasteiger partial charge in [0.15, 0.2) is 5.82 Å². The fraction of sp³-hybridized carbons (Fsp3) is 0.407. The van der Waals surface area contributed by atoms with E-state index in [1.165, 1.54) is 42.0 Å². The molecule has 3 aromatic rings. The number of nitrogens with zero attached hydrogens (tertiary/aromatic N) is 4. The molecule has 0 radical (unpaired) electrons. The van der Waals surface area contributed by atoms with Crippen molar-refractivity contribution in [3.63, 3.8) is 0 Å². The van der Waals surface area contributed by atoms with Crippen molar-refractivity contribution >= 4 is 11.8 Å². The van der Waals surface area contributed by atoms with Gasteiger partial charge in [-0.05, 0) is 87.8 Å². The molecule has 0 aliphatic carbocycles. The summed E-state index contributed by atoms with van der Waals surface area (Å²) in [7, 11) is 1.67. The van der Waals surface area contributed by atoms with Crippen molar-refractivity contribution in [3.05, 3.63) is 71.3 Å². The molecular formula is C27H32FN5O3. The molecule has 9 heteroatoms. The number of carbonyl (C=O) groups is 2. The Kier molecular flexibility index (Phi) is 8.43. The molecule has 8 nitrogen and oxygen atoms in total. The summed E-state index contributed by atoms with van der Waals surface area (Å²) in [5.41, 5.74) is 1.70. The summed E-state index contributed by atoms with van der Waals surface area (Å²) in [5.74, 6) is 0.125. The average Bonchev–Trinajstić information content (AvgIpc) is 3.60. The fourth-order valence-electron chi connectivity index (χ4n) is 4.28. The Hall–Kier alpha value is -3.59. The third-order valence-electron chi connectivity index (χ3n) is 6.58. The highest BCUT2D eigenvalue weighted by Gasteiger charge is 2.18. The molecule has 190 valence electrons.